The fourth-order valence-corrected chi connectivity index (χ4v) is 6.44. The predicted molar refractivity (Wildman–Crippen MR) is 133 cm³/mol. The Morgan fingerprint density at radius 1 is 0.971 bits per heavy atom. The van der Waals surface area contributed by atoms with E-state index in [4.69, 9.17) is 41.7 Å². The third-order valence-corrected chi connectivity index (χ3v) is 8.74. The maximum atomic E-state index is 13.6. The lowest BCUT2D eigenvalue weighted by Crippen LogP contribution is -2.10. The quantitative estimate of drug-likeness (QED) is 0.226. The molecule has 3 aromatic rings. The summed E-state index contributed by atoms with van der Waals surface area (Å²) in [4.78, 5) is 21.0. The molecule has 1 heterocycles. The van der Waals surface area contributed by atoms with Crippen LogP contribution in [0.15, 0.2) is 52.5 Å². The van der Waals surface area contributed by atoms with Gasteiger partial charge in [0, 0.05) is 24.1 Å². The molecule has 0 aliphatic carbocycles. The molecule has 9 nitrogen and oxygen atoms in total. The van der Waals surface area contributed by atoms with Crippen molar-refractivity contribution in [1.82, 2.24) is 9.97 Å². The maximum absolute atomic E-state index is 13.6. The lowest BCUT2D eigenvalue weighted by atomic mass is 10.0. The van der Waals surface area contributed by atoms with Crippen LogP contribution in [0.25, 0.3) is 0 Å². The molecule has 1 atom stereocenters. The molecule has 0 amide bonds. The minimum absolute atomic E-state index is 0.133. The molecule has 0 aliphatic rings. The van der Waals surface area contributed by atoms with Crippen molar-refractivity contribution in [2.24, 2.45) is 0 Å². The number of hydrogen-bond donors (Lipinski definition) is 1. The average molecular weight is 559 g/mol. The molecule has 1 aromatic heterocycles. The zero-order valence-corrected chi connectivity index (χ0v) is 22.2. The topological polar surface area (TPSA) is 117 Å². The number of carboxylic acid groups (broad SMARTS) is 1. The van der Waals surface area contributed by atoms with E-state index in [-0.39, 0.29) is 38.0 Å². The van der Waals surface area contributed by atoms with Gasteiger partial charge in [0.15, 0.2) is 5.16 Å². The van der Waals surface area contributed by atoms with Crippen molar-refractivity contribution in [3.8, 4) is 11.8 Å². The summed E-state index contributed by atoms with van der Waals surface area (Å²) in [5, 5.41) is 10.5. The first-order chi connectivity index (χ1) is 16.7. The van der Waals surface area contributed by atoms with Crippen molar-refractivity contribution in [1.29, 1.82) is 0 Å². The number of methoxy groups -OCH3 is 2. The van der Waals surface area contributed by atoms with Gasteiger partial charge in [0.05, 0.1) is 30.9 Å². The first-order valence-electron chi connectivity index (χ1n) is 9.84. The van der Waals surface area contributed by atoms with Gasteiger partial charge in [-0.15, -0.1) is 0 Å². The van der Waals surface area contributed by atoms with Crippen molar-refractivity contribution in [3.05, 3.63) is 69.2 Å². The molecule has 35 heavy (non-hydrogen) atoms. The van der Waals surface area contributed by atoms with Crippen LogP contribution in [-0.4, -0.2) is 49.5 Å². The molecule has 0 spiro atoms. The second kappa shape index (κ2) is 11.6. The Balaban J connectivity index is 2.18. The summed E-state index contributed by atoms with van der Waals surface area (Å²) in [6.45, 7) is 0. The van der Waals surface area contributed by atoms with E-state index in [2.05, 4.69) is 9.97 Å². The fraction of sp³-hybridized carbons (Fsp3) is 0.227. The molecule has 0 fully saturated rings. The minimum Gasteiger partial charge on any atom is -0.481 e. The summed E-state index contributed by atoms with van der Waals surface area (Å²) < 4.78 is 34.4. The lowest BCUT2D eigenvalue weighted by molar-refractivity contribution is 0.0693. The second-order valence-electron chi connectivity index (χ2n) is 6.84. The van der Waals surface area contributed by atoms with Crippen LogP contribution in [-0.2, 0) is 13.6 Å². The standard InChI is InChI=1S/C22H21Cl2N2O7PS/c1-30-16-11-17(31-2)26-22(25-16)35-15-10-9-14(19(24)18(15)21(27)28)20(34(29,32-3)33-4)12-5-7-13(23)8-6-12/h5-11,20H,1-4H3,(H,27,28). The number of hydrogen-bond acceptors (Lipinski definition) is 9. The number of aromatic nitrogens is 2. The summed E-state index contributed by atoms with van der Waals surface area (Å²) >= 11 is 13.6. The van der Waals surface area contributed by atoms with E-state index in [1.807, 2.05) is 0 Å². The van der Waals surface area contributed by atoms with Crippen LogP contribution in [0, 0.1) is 0 Å². The Labute approximate surface area is 216 Å². The third kappa shape index (κ3) is 5.91. The van der Waals surface area contributed by atoms with Crippen LogP contribution in [0.5, 0.6) is 11.8 Å². The Kier molecular flexibility index (Phi) is 9.04. The summed E-state index contributed by atoms with van der Waals surface area (Å²) in [5.74, 6) is -0.820. The number of ether oxygens (including phenoxy) is 2. The first kappa shape index (κ1) is 27.3. The predicted octanol–water partition coefficient (Wildman–Crippen LogP) is 6.23. The number of benzene rings is 2. The summed E-state index contributed by atoms with van der Waals surface area (Å²) in [7, 11) is 1.55. The van der Waals surface area contributed by atoms with Crippen molar-refractivity contribution >= 4 is 48.5 Å². The number of carboxylic acids is 1. The van der Waals surface area contributed by atoms with E-state index in [9.17, 15) is 14.5 Å². The maximum Gasteiger partial charge on any atom is 0.341 e. The highest BCUT2D eigenvalue weighted by Gasteiger charge is 2.39. The molecule has 0 saturated carbocycles. The van der Waals surface area contributed by atoms with Crippen molar-refractivity contribution in [2.75, 3.05) is 28.4 Å². The highest BCUT2D eigenvalue weighted by atomic mass is 35.5. The number of aromatic carboxylic acids is 1. The molecule has 3 rings (SSSR count). The molecule has 0 bridgehead atoms. The fourth-order valence-electron chi connectivity index (χ4n) is 3.27. The van der Waals surface area contributed by atoms with Gasteiger partial charge in [0.2, 0.25) is 11.8 Å². The van der Waals surface area contributed by atoms with E-state index in [1.54, 1.807) is 30.3 Å². The van der Waals surface area contributed by atoms with Gasteiger partial charge in [-0.3, -0.25) is 4.57 Å². The van der Waals surface area contributed by atoms with E-state index in [1.165, 1.54) is 40.6 Å². The summed E-state index contributed by atoms with van der Waals surface area (Å²) in [6.07, 6.45) is 0. The Morgan fingerprint density at radius 3 is 2.03 bits per heavy atom. The summed E-state index contributed by atoms with van der Waals surface area (Å²) in [6, 6.07) is 11.1. The van der Waals surface area contributed by atoms with E-state index < -0.39 is 19.2 Å². The van der Waals surface area contributed by atoms with Crippen LogP contribution in [0.4, 0.5) is 0 Å². The Hall–Kier alpha value is -2.33. The van der Waals surface area contributed by atoms with Gasteiger partial charge in [-0.05, 0) is 41.1 Å². The average Bonchev–Trinajstić information content (AvgIpc) is 2.85. The summed E-state index contributed by atoms with van der Waals surface area (Å²) in [5.41, 5.74) is -0.488. The number of halogens is 2. The second-order valence-corrected chi connectivity index (χ2v) is 11.0. The minimum atomic E-state index is -3.82. The molecule has 1 N–H and O–H groups in total. The van der Waals surface area contributed by atoms with E-state index >= 15 is 0 Å². The van der Waals surface area contributed by atoms with Crippen LogP contribution in [0.1, 0.15) is 27.1 Å². The zero-order chi connectivity index (χ0) is 25.8. The van der Waals surface area contributed by atoms with Crippen LogP contribution < -0.4 is 9.47 Å². The highest BCUT2D eigenvalue weighted by Crippen LogP contribution is 2.64. The Bertz CT molecular complexity index is 1250. The largest absolute Gasteiger partial charge is 0.481 e. The molecule has 0 aliphatic heterocycles. The molecular formula is C22H21Cl2N2O7PS. The van der Waals surface area contributed by atoms with Gasteiger partial charge < -0.3 is 23.6 Å². The van der Waals surface area contributed by atoms with Crippen LogP contribution >= 0.6 is 42.6 Å². The monoisotopic (exact) mass is 558 g/mol. The van der Waals surface area contributed by atoms with Crippen molar-refractivity contribution in [2.45, 2.75) is 15.7 Å². The lowest BCUT2D eigenvalue weighted by Gasteiger charge is -2.26. The van der Waals surface area contributed by atoms with Gasteiger partial charge in [-0.2, -0.15) is 9.97 Å². The van der Waals surface area contributed by atoms with Crippen LogP contribution in [0.2, 0.25) is 10.0 Å². The molecule has 1 unspecified atom stereocenters. The van der Waals surface area contributed by atoms with Crippen LogP contribution in [0.3, 0.4) is 0 Å². The van der Waals surface area contributed by atoms with E-state index in [0.717, 1.165) is 11.8 Å². The number of nitrogens with zero attached hydrogens (tertiary/aromatic N) is 2. The zero-order valence-electron chi connectivity index (χ0n) is 19.0. The Morgan fingerprint density at radius 2 is 1.54 bits per heavy atom. The molecule has 0 radical (unpaired) electrons. The normalized spacial score (nSPS) is 12.3. The van der Waals surface area contributed by atoms with Gasteiger partial charge >= 0.3 is 13.6 Å². The third-order valence-electron chi connectivity index (χ3n) is 4.93. The SMILES string of the molecule is COc1cc(OC)nc(Sc2ccc(C(c3ccc(Cl)cc3)P(=O)(OC)OC)c(Cl)c2C(=O)O)n1. The molecular weight excluding hydrogens is 538 g/mol. The molecule has 2 aromatic carbocycles. The van der Waals surface area contributed by atoms with Crippen molar-refractivity contribution < 1.29 is 33.0 Å². The van der Waals surface area contributed by atoms with Gasteiger partial charge in [-0.25, -0.2) is 4.79 Å². The highest BCUT2D eigenvalue weighted by molar-refractivity contribution is 7.99. The molecule has 13 heteroatoms. The molecule has 0 saturated heterocycles. The van der Waals surface area contributed by atoms with Gasteiger partial charge in [0.25, 0.3) is 0 Å². The van der Waals surface area contributed by atoms with Gasteiger partial charge in [0.1, 0.15) is 5.66 Å². The first-order valence-corrected chi connectivity index (χ1v) is 13.0. The van der Waals surface area contributed by atoms with Crippen molar-refractivity contribution in [3.63, 3.8) is 0 Å². The number of carbonyl (C=O) groups is 1. The molecule has 186 valence electrons. The number of rotatable bonds is 10. The van der Waals surface area contributed by atoms with E-state index in [0.29, 0.717) is 10.6 Å². The van der Waals surface area contributed by atoms with Gasteiger partial charge in [-0.1, -0.05) is 41.4 Å². The smallest absolute Gasteiger partial charge is 0.341 e.